The van der Waals surface area contributed by atoms with Crippen LogP contribution in [-0.2, 0) is 0 Å². The summed E-state index contributed by atoms with van der Waals surface area (Å²) in [4.78, 5) is 8.01. The maximum absolute atomic E-state index is 14.2. The second-order valence-corrected chi connectivity index (χ2v) is 10.6. The van der Waals surface area contributed by atoms with Crippen molar-refractivity contribution in [1.82, 2.24) is 20.2 Å². The molecule has 3 aromatic carbocycles. The zero-order valence-electron chi connectivity index (χ0n) is 21.8. The molecule has 6 heteroatoms. The predicted molar refractivity (Wildman–Crippen MR) is 154 cm³/mol. The van der Waals surface area contributed by atoms with Crippen LogP contribution in [-0.4, -0.2) is 26.3 Å². The molecular formula is C33H29FN4O. The lowest BCUT2D eigenvalue weighted by molar-refractivity contribution is 0.154. The van der Waals surface area contributed by atoms with E-state index in [2.05, 4.69) is 50.5 Å². The summed E-state index contributed by atoms with van der Waals surface area (Å²) in [5, 5.41) is 9.88. The standard InChI is InChI=1S/C33H29FN4O/c1-20-12-22(14-24(34)13-20)27-8-5-9-30-28(27)17-32(36-30)33-29-16-21(10-11-31(29)37-38-33)23-15-26(19-35-18-23)39-25-6-3-2-4-7-25/h5,8-19,25,36H,2-4,6-7H2,1H3,(H,37,38). The largest absolute Gasteiger partial charge is 0.489 e. The fraction of sp³-hybridized carbons (Fsp3) is 0.212. The van der Waals surface area contributed by atoms with Crippen molar-refractivity contribution in [1.29, 1.82) is 0 Å². The van der Waals surface area contributed by atoms with Crippen LogP contribution in [0.5, 0.6) is 5.75 Å². The number of hydrogen-bond acceptors (Lipinski definition) is 3. The van der Waals surface area contributed by atoms with Gasteiger partial charge in [0.1, 0.15) is 17.3 Å². The second-order valence-electron chi connectivity index (χ2n) is 10.6. The number of benzene rings is 3. The maximum atomic E-state index is 14.2. The van der Waals surface area contributed by atoms with Crippen molar-refractivity contribution in [3.63, 3.8) is 0 Å². The smallest absolute Gasteiger partial charge is 0.138 e. The van der Waals surface area contributed by atoms with Crippen LogP contribution in [0.4, 0.5) is 4.39 Å². The van der Waals surface area contributed by atoms with E-state index in [9.17, 15) is 4.39 Å². The molecule has 2 N–H and O–H groups in total. The van der Waals surface area contributed by atoms with Crippen molar-refractivity contribution in [2.75, 3.05) is 0 Å². The highest BCUT2D eigenvalue weighted by Gasteiger charge is 2.17. The molecule has 194 valence electrons. The summed E-state index contributed by atoms with van der Waals surface area (Å²) in [5.74, 6) is 0.592. The molecule has 1 aliphatic rings. The molecule has 39 heavy (non-hydrogen) atoms. The number of pyridine rings is 1. The second kappa shape index (κ2) is 9.70. The van der Waals surface area contributed by atoms with Crippen molar-refractivity contribution in [3.05, 3.63) is 90.5 Å². The molecule has 1 fully saturated rings. The number of nitrogens with zero attached hydrogens (tertiary/aromatic N) is 2. The van der Waals surface area contributed by atoms with Gasteiger partial charge in [-0.15, -0.1) is 0 Å². The third kappa shape index (κ3) is 4.56. The van der Waals surface area contributed by atoms with Gasteiger partial charge in [0.2, 0.25) is 0 Å². The molecule has 3 heterocycles. The first-order valence-corrected chi connectivity index (χ1v) is 13.6. The van der Waals surface area contributed by atoms with Crippen LogP contribution in [0.15, 0.2) is 79.1 Å². The zero-order valence-corrected chi connectivity index (χ0v) is 21.8. The molecule has 0 spiro atoms. The van der Waals surface area contributed by atoms with Gasteiger partial charge in [0, 0.05) is 28.0 Å². The van der Waals surface area contributed by atoms with Crippen molar-refractivity contribution >= 4 is 21.8 Å². The number of H-pyrrole nitrogens is 2. The summed E-state index contributed by atoms with van der Waals surface area (Å²) in [6.07, 6.45) is 9.95. The lowest BCUT2D eigenvalue weighted by Gasteiger charge is -2.23. The molecule has 7 rings (SSSR count). The molecule has 1 aliphatic carbocycles. The van der Waals surface area contributed by atoms with E-state index < -0.39 is 0 Å². The highest BCUT2D eigenvalue weighted by Crippen LogP contribution is 2.36. The number of hydrogen-bond donors (Lipinski definition) is 2. The van der Waals surface area contributed by atoms with Gasteiger partial charge in [-0.3, -0.25) is 10.1 Å². The van der Waals surface area contributed by atoms with Crippen LogP contribution in [0.3, 0.4) is 0 Å². The number of aromatic amines is 2. The van der Waals surface area contributed by atoms with E-state index >= 15 is 0 Å². The number of ether oxygens (including phenoxy) is 1. The van der Waals surface area contributed by atoms with Crippen LogP contribution < -0.4 is 4.74 Å². The Bertz CT molecular complexity index is 1790. The molecule has 0 saturated heterocycles. The van der Waals surface area contributed by atoms with Crippen molar-refractivity contribution < 1.29 is 9.13 Å². The summed E-state index contributed by atoms with van der Waals surface area (Å²) >= 11 is 0. The average Bonchev–Trinajstić information content (AvgIpc) is 3.57. The van der Waals surface area contributed by atoms with Gasteiger partial charge in [-0.2, -0.15) is 5.10 Å². The average molecular weight is 517 g/mol. The summed E-state index contributed by atoms with van der Waals surface area (Å²) in [6, 6.07) is 21.7. The fourth-order valence-electron chi connectivity index (χ4n) is 5.84. The zero-order chi connectivity index (χ0) is 26.3. The van der Waals surface area contributed by atoms with Gasteiger partial charge in [-0.25, -0.2) is 4.39 Å². The third-order valence-corrected chi connectivity index (χ3v) is 7.74. The van der Waals surface area contributed by atoms with Crippen LogP contribution in [0, 0.1) is 12.7 Å². The Labute approximate surface area is 226 Å². The maximum Gasteiger partial charge on any atom is 0.138 e. The Hall–Kier alpha value is -4.45. The Morgan fingerprint density at radius 1 is 0.821 bits per heavy atom. The molecule has 0 bridgehead atoms. The van der Waals surface area contributed by atoms with E-state index in [0.29, 0.717) is 0 Å². The summed E-state index contributed by atoms with van der Waals surface area (Å²) in [5.41, 5.74) is 8.49. The van der Waals surface area contributed by atoms with Gasteiger partial charge in [0.25, 0.3) is 0 Å². The summed E-state index contributed by atoms with van der Waals surface area (Å²) in [6.45, 7) is 1.91. The first-order chi connectivity index (χ1) is 19.1. The molecule has 0 unspecified atom stereocenters. The molecule has 0 aliphatic heterocycles. The van der Waals surface area contributed by atoms with Crippen molar-refractivity contribution in [2.45, 2.75) is 45.1 Å². The van der Waals surface area contributed by atoms with Crippen molar-refractivity contribution in [3.8, 4) is 39.4 Å². The SMILES string of the molecule is Cc1cc(F)cc(-c2cccc3[nH]c(-c4n[nH]c5ccc(-c6cncc(OC7CCCCC7)c6)cc45)cc23)c1. The number of halogens is 1. The minimum absolute atomic E-state index is 0.230. The highest BCUT2D eigenvalue weighted by molar-refractivity contribution is 6.01. The first-order valence-electron chi connectivity index (χ1n) is 13.6. The normalized spacial score (nSPS) is 14.3. The third-order valence-electron chi connectivity index (χ3n) is 7.74. The van der Waals surface area contributed by atoms with Gasteiger partial charge >= 0.3 is 0 Å². The van der Waals surface area contributed by atoms with Crippen LogP contribution in [0.2, 0.25) is 0 Å². The van der Waals surface area contributed by atoms with E-state index in [1.165, 1.54) is 19.3 Å². The molecule has 5 nitrogen and oxygen atoms in total. The number of aromatic nitrogens is 4. The minimum Gasteiger partial charge on any atom is -0.489 e. The molecular weight excluding hydrogens is 487 g/mol. The van der Waals surface area contributed by atoms with Gasteiger partial charge in [0.15, 0.2) is 0 Å². The Morgan fingerprint density at radius 2 is 1.72 bits per heavy atom. The number of rotatable bonds is 5. The van der Waals surface area contributed by atoms with Crippen LogP contribution >= 0.6 is 0 Å². The number of fused-ring (bicyclic) bond motifs is 2. The molecule has 0 amide bonds. The first kappa shape index (κ1) is 23.7. The van der Waals surface area contributed by atoms with Crippen molar-refractivity contribution in [2.24, 2.45) is 0 Å². The molecule has 0 radical (unpaired) electrons. The monoisotopic (exact) mass is 516 g/mol. The Morgan fingerprint density at radius 3 is 2.59 bits per heavy atom. The lowest BCUT2D eigenvalue weighted by Crippen LogP contribution is -2.19. The highest BCUT2D eigenvalue weighted by atomic mass is 19.1. The molecule has 3 aromatic heterocycles. The lowest BCUT2D eigenvalue weighted by atomic mass is 9.98. The van der Waals surface area contributed by atoms with E-state index in [0.717, 1.165) is 79.6 Å². The minimum atomic E-state index is -0.230. The van der Waals surface area contributed by atoms with E-state index in [-0.39, 0.29) is 11.9 Å². The van der Waals surface area contributed by atoms with Gasteiger partial charge in [-0.1, -0.05) is 30.7 Å². The summed E-state index contributed by atoms with van der Waals surface area (Å²) < 4.78 is 20.5. The van der Waals surface area contributed by atoms with Gasteiger partial charge < -0.3 is 9.72 Å². The fourth-order valence-corrected chi connectivity index (χ4v) is 5.84. The van der Waals surface area contributed by atoms with E-state index in [1.54, 1.807) is 12.1 Å². The molecule has 1 saturated carbocycles. The molecule has 0 atom stereocenters. The predicted octanol–water partition coefficient (Wildman–Crippen LogP) is 8.60. The van der Waals surface area contributed by atoms with Gasteiger partial charge in [-0.05, 0) is 97.3 Å². The Balaban J connectivity index is 1.26. The number of nitrogens with one attached hydrogen (secondary N) is 2. The van der Waals surface area contributed by atoms with Crippen LogP contribution in [0.25, 0.3) is 55.4 Å². The Kier molecular flexibility index (Phi) is 5.88. The quantitative estimate of drug-likeness (QED) is 0.241. The van der Waals surface area contributed by atoms with Gasteiger partial charge in [0.05, 0.1) is 23.5 Å². The number of aryl methyl sites for hydroxylation is 1. The van der Waals surface area contributed by atoms with E-state index in [4.69, 9.17) is 4.74 Å². The summed E-state index contributed by atoms with van der Waals surface area (Å²) in [7, 11) is 0. The topological polar surface area (TPSA) is 66.6 Å². The van der Waals surface area contributed by atoms with E-state index in [1.807, 2.05) is 43.6 Å². The molecule has 6 aromatic rings. The van der Waals surface area contributed by atoms with Crippen LogP contribution in [0.1, 0.15) is 37.7 Å².